The maximum Gasteiger partial charge on any atom is 0.338 e. The average Bonchev–Trinajstić information content (AvgIpc) is 3.54. The van der Waals surface area contributed by atoms with Crippen LogP contribution in [-0.2, 0) is 52.2 Å². The Hall–Kier alpha value is -2.40. The molecular formula is C50H76O18. The van der Waals surface area contributed by atoms with Crippen LogP contribution in [0.1, 0.15) is 116 Å². The van der Waals surface area contributed by atoms with Gasteiger partial charge in [-0.05, 0) is 107 Å². The smallest absolute Gasteiger partial charge is 0.338 e. The summed E-state index contributed by atoms with van der Waals surface area (Å²) < 4.78 is 61.6. The van der Waals surface area contributed by atoms with Crippen molar-refractivity contribution in [1.29, 1.82) is 0 Å². The fourth-order valence-electron chi connectivity index (χ4n) is 14.0. The molecule has 0 amide bonds. The molecule has 23 unspecified atom stereocenters. The Morgan fingerprint density at radius 1 is 0.765 bits per heavy atom. The lowest BCUT2D eigenvalue weighted by molar-refractivity contribution is -0.353. The number of carbonyl (C=O) groups excluding carboxylic acids is 2. The molecule has 3 heterocycles. The van der Waals surface area contributed by atoms with E-state index in [1.54, 1.807) is 51.3 Å². The minimum Gasteiger partial charge on any atom is -0.462 e. The van der Waals surface area contributed by atoms with Crippen LogP contribution in [0.2, 0.25) is 0 Å². The van der Waals surface area contributed by atoms with Crippen LogP contribution in [0.5, 0.6) is 0 Å². The van der Waals surface area contributed by atoms with Crippen molar-refractivity contribution < 1.29 is 87.6 Å². The summed E-state index contributed by atoms with van der Waals surface area (Å²) >= 11 is 0. The van der Waals surface area contributed by atoms with Crippen molar-refractivity contribution in [2.45, 2.75) is 215 Å². The Bertz CT molecular complexity index is 1890. The highest BCUT2D eigenvalue weighted by atomic mass is 16.8. The molecule has 1 aromatic rings. The Labute approximate surface area is 399 Å². The summed E-state index contributed by atoms with van der Waals surface area (Å²) in [5.74, 6) is -0.996. The van der Waals surface area contributed by atoms with Gasteiger partial charge in [0.05, 0.1) is 53.7 Å². The number of esters is 2. The van der Waals surface area contributed by atoms with Gasteiger partial charge in [-0.2, -0.15) is 0 Å². The van der Waals surface area contributed by atoms with Gasteiger partial charge in [0, 0.05) is 34.0 Å². The van der Waals surface area contributed by atoms with Crippen molar-refractivity contribution in [3.05, 3.63) is 35.9 Å². The number of carbonyl (C=O) groups is 2. The molecule has 18 heteroatoms. The van der Waals surface area contributed by atoms with Crippen LogP contribution in [0.15, 0.2) is 30.3 Å². The van der Waals surface area contributed by atoms with Gasteiger partial charge < -0.3 is 78.0 Å². The van der Waals surface area contributed by atoms with E-state index >= 15 is 0 Å². The van der Waals surface area contributed by atoms with Crippen molar-refractivity contribution >= 4 is 11.9 Å². The fraction of sp³-hybridized carbons (Fsp3) is 0.840. The van der Waals surface area contributed by atoms with Crippen molar-refractivity contribution in [2.75, 3.05) is 20.8 Å². The second-order valence-corrected chi connectivity index (χ2v) is 21.3. The second-order valence-electron chi connectivity index (χ2n) is 21.3. The predicted molar refractivity (Wildman–Crippen MR) is 238 cm³/mol. The summed E-state index contributed by atoms with van der Waals surface area (Å²) in [6.45, 7) is 10.3. The molecule has 0 radical (unpaired) electrons. The van der Waals surface area contributed by atoms with Crippen LogP contribution in [0, 0.1) is 28.6 Å². The van der Waals surface area contributed by atoms with Crippen LogP contribution >= 0.6 is 0 Å². The Morgan fingerprint density at radius 2 is 1.40 bits per heavy atom. The van der Waals surface area contributed by atoms with Gasteiger partial charge in [0.2, 0.25) is 0 Å². The quantitative estimate of drug-likeness (QED) is 0.123. The molecule has 23 atom stereocenters. The van der Waals surface area contributed by atoms with Gasteiger partial charge in [-0.1, -0.05) is 32.0 Å². The molecule has 3 saturated heterocycles. The normalized spacial score (nSPS) is 48.6. The summed E-state index contributed by atoms with van der Waals surface area (Å²) in [5.41, 5.74) is -4.24. The Balaban J connectivity index is 0.889. The first-order chi connectivity index (χ1) is 32.2. The van der Waals surface area contributed by atoms with E-state index in [2.05, 4.69) is 6.92 Å². The van der Waals surface area contributed by atoms with E-state index in [0.29, 0.717) is 18.4 Å². The summed E-state index contributed by atoms with van der Waals surface area (Å²) in [4.78, 5) is 26.1. The first kappa shape index (κ1) is 51.9. The molecule has 7 aliphatic rings. The third kappa shape index (κ3) is 9.09. The average molecular weight is 965 g/mol. The van der Waals surface area contributed by atoms with Gasteiger partial charge in [-0.15, -0.1) is 0 Å². The molecule has 0 aromatic heterocycles. The standard InChI is InChI=1S/C50H76O18/c1-25-43(67-39-23-35(60-8)44(26(2)62-39)68-46-42(55)41(54)40(53)36(24-51)66-46)34(59-7)22-38(61-25)65-31-16-17-47(5)30(20-31)14-15-32-33(47)21-37(64-28(4)52)48(6)49(57,18-19-50(32,48)58)27(3)63-45(56)29-12-10-9-11-13-29/h9-13,25-27,30-44,46,51,53-55,57-58H,14-24H2,1-8H3. The Morgan fingerprint density at radius 3 is 2.01 bits per heavy atom. The van der Waals surface area contributed by atoms with Crippen molar-refractivity contribution in [2.24, 2.45) is 28.6 Å². The molecule has 18 nitrogen and oxygen atoms in total. The van der Waals surface area contributed by atoms with Crippen LogP contribution < -0.4 is 0 Å². The fourth-order valence-corrected chi connectivity index (χ4v) is 14.0. The number of hydrogen-bond donors (Lipinski definition) is 6. The lowest BCUT2D eigenvalue weighted by Gasteiger charge is -2.66. The number of hydrogen-bond acceptors (Lipinski definition) is 18. The molecule has 0 spiro atoms. The molecule has 4 saturated carbocycles. The highest BCUT2D eigenvalue weighted by Gasteiger charge is 2.77. The van der Waals surface area contributed by atoms with E-state index in [-0.39, 0.29) is 48.5 Å². The lowest BCUT2D eigenvalue weighted by atomic mass is 9.42. The van der Waals surface area contributed by atoms with Gasteiger partial charge in [-0.25, -0.2) is 4.79 Å². The van der Waals surface area contributed by atoms with E-state index in [1.807, 2.05) is 13.8 Å². The van der Waals surface area contributed by atoms with Crippen molar-refractivity contribution in [3.8, 4) is 0 Å². The third-order valence-corrected chi connectivity index (χ3v) is 18.0. The van der Waals surface area contributed by atoms with E-state index in [9.17, 15) is 40.2 Å². The van der Waals surface area contributed by atoms with Crippen LogP contribution in [0.3, 0.4) is 0 Å². The molecule has 6 N–H and O–H groups in total. The first-order valence-corrected chi connectivity index (χ1v) is 24.7. The van der Waals surface area contributed by atoms with Gasteiger partial charge in [0.25, 0.3) is 0 Å². The van der Waals surface area contributed by atoms with Crippen LogP contribution in [0.25, 0.3) is 0 Å². The number of aliphatic hydroxyl groups excluding tert-OH is 4. The number of benzene rings is 1. The zero-order valence-electron chi connectivity index (χ0n) is 40.7. The van der Waals surface area contributed by atoms with Gasteiger partial charge in [0.1, 0.15) is 54.4 Å². The van der Waals surface area contributed by atoms with Gasteiger partial charge >= 0.3 is 11.9 Å². The maximum atomic E-state index is 13.2. The number of fused-ring (bicyclic) bond motifs is 5. The molecule has 4 aliphatic carbocycles. The van der Waals surface area contributed by atoms with Crippen LogP contribution in [0.4, 0.5) is 0 Å². The largest absolute Gasteiger partial charge is 0.462 e. The molecule has 384 valence electrons. The van der Waals surface area contributed by atoms with Crippen molar-refractivity contribution in [1.82, 2.24) is 0 Å². The minimum atomic E-state index is -1.67. The molecule has 1 aromatic carbocycles. The minimum absolute atomic E-state index is 0.00659. The number of ether oxygens (including phenoxy) is 10. The molecule has 68 heavy (non-hydrogen) atoms. The highest BCUT2D eigenvalue weighted by Crippen LogP contribution is 2.71. The number of aliphatic hydroxyl groups is 6. The van der Waals surface area contributed by atoms with E-state index in [4.69, 9.17) is 47.4 Å². The molecule has 7 fully saturated rings. The van der Waals surface area contributed by atoms with E-state index in [0.717, 1.165) is 32.1 Å². The van der Waals surface area contributed by atoms with Crippen LogP contribution in [-0.4, -0.2) is 173 Å². The van der Waals surface area contributed by atoms with E-state index < -0.39 is 127 Å². The first-order valence-electron chi connectivity index (χ1n) is 24.7. The summed E-state index contributed by atoms with van der Waals surface area (Å²) in [5, 5.41) is 66.6. The topological polar surface area (TPSA) is 248 Å². The van der Waals surface area contributed by atoms with Gasteiger partial charge in [-0.3, -0.25) is 4.79 Å². The maximum absolute atomic E-state index is 13.2. The number of rotatable bonds is 13. The third-order valence-electron chi connectivity index (χ3n) is 18.0. The Kier molecular flexibility index (Phi) is 15.5. The lowest BCUT2D eigenvalue weighted by Crippen LogP contribution is -2.72. The number of methoxy groups -OCH3 is 2. The molecule has 3 aliphatic heterocycles. The second kappa shape index (κ2) is 20.2. The van der Waals surface area contributed by atoms with Crippen molar-refractivity contribution in [3.63, 3.8) is 0 Å². The molecule has 8 rings (SSSR count). The molecular weight excluding hydrogens is 889 g/mol. The zero-order valence-corrected chi connectivity index (χ0v) is 40.7. The summed E-state index contributed by atoms with van der Waals surface area (Å²) in [6, 6.07) is 8.61. The summed E-state index contributed by atoms with van der Waals surface area (Å²) in [7, 11) is 3.15. The SMILES string of the molecule is COC1CC(OC2CCC3(C)C(CCC4C3CC(OC(C)=O)C3(C)C(O)(C(C)OC(=O)c5ccccc5)CCC43O)C2)OC(C)C1OC1CC(OC)C(OC2OC(CO)C(O)C(O)C2O)C(C)O1. The zero-order chi connectivity index (χ0) is 49.1. The van der Waals surface area contributed by atoms with E-state index in [1.165, 1.54) is 14.0 Å². The van der Waals surface area contributed by atoms with Gasteiger partial charge in [0.15, 0.2) is 18.9 Å². The summed E-state index contributed by atoms with van der Waals surface area (Å²) in [6.07, 6.45) is -8.20. The molecule has 0 bridgehead atoms. The monoisotopic (exact) mass is 965 g/mol. The highest BCUT2D eigenvalue weighted by molar-refractivity contribution is 5.89. The predicted octanol–water partition coefficient (Wildman–Crippen LogP) is 2.92.